The van der Waals surface area contributed by atoms with Crippen molar-refractivity contribution in [3.8, 4) is 0 Å². The van der Waals surface area contributed by atoms with Crippen molar-refractivity contribution in [3.63, 3.8) is 0 Å². The fourth-order valence-electron chi connectivity index (χ4n) is 2.81. The summed E-state index contributed by atoms with van der Waals surface area (Å²) in [6.07, 6.45) is 3.06. The number of amides is 1. The maximum Gasteiger partial charge on any atom is 0.228 e. The van der Waals surface area contributed by atoms with Gasteiger partial charge in [0.2, 0.25) is 5.91 Å². The van der Waals surface area contributed by atoms with Crippen LogP contribution in [0, 0.1) is 11.8 Å². The summed E-state index contributed by atoms with van der Waals surface area (Å²) < 4.78 is 5.38. The second kappa shape index (κ2) is 5.15. The van der Waals surface area contributed by atoms with E-state index in [1.54, 1.807) is 0 Å². The standard InChI is InChI=1S/C12H22N2O2/c1-9-4-5-14(11(9)7-13)12(15)10-3-2-6-16-8-10/h9-11H,2-8,13H2,1H3. The molecule has 3 atom stereocenters. The van der Waals surface area contributed by atoms with Crippen LogP contribution in [0.2, 0.25) is 0 Å². The molecule has 2 saturated heterocycles. The molecule has 2 rings (SSSR count). The highest BCUT2D eigenvalue weighted by Gasteiger charge is 2.36. The maximum atomic E-state index is 12.3. The maximum absolute atomic E-state index is 12.3. The molecule has 0 aromatic carbocycles. The highest BCUT2D eigenvalue weighted by atomic mass is 16.5. The van der Waals surface area contributed by atoms with Crippen LogP contribution >= 0.6 is 0 Å². The monoisotopic (exact) mass is 226 g/mol. The molecule has 0 spiro atoms. The van der Waals surface area contributed by atoms with Gasteiger partial charge in [-0.25, -0.2) is 0 Å². The van der Waals surface area contributed by atoms with E-state index in [1.165, 1.54) is 0 Å². The Morgan fingerprint density at radius 1 is 1.50 bits per heavy atom. The molecular weight excluding hydrogens is 204 g/mol. The number of ether oxygens (including phenoxy) is 1. The second-order valence-electron chi connectivity index (χ2n) is 5.01. The lowest BCUT2D eigenvalue weighted by molar-refractivity contribution is -0.140. The molecule has 3 unspecified atom stereocenters. The van der Waals surface area contributed by atoms with E-state index in [1.807, 2.05) is 4.90 Å². The van der Waals surface area contributed by atoms with Crippen molar-refractivity contribution in [1.29, 1.82) is 0 Å². The van der Waals surface area contributed by atoms with Gasteiger partial charge in [-0.15, -0.1) is 0 Å². The molecule has 2 aliphatic rings. The van der Waals surface area contributed by atoms with Crippen LogP contribution in [0.15, 0.2) is 0 Å². The third-order valence-electron chi connectivity index (χ3n) is 3.92. The summed E-state index contributed by atoms with van der Waals surface area (Å²) in [5.74, 6) is 0.881. The van der Waals surface area contributed by atoms with E-state index in [9.17, 15) is 4.79 Å². The summed E-state index contributed by atoms with van der Waals surface area (Å²) in [5.41, 5.74) is 5.76. The molecule has 4 nitrogen and oxygen atoms in total. The fraction of sp³-hybridized carbons (Fsp3) is 0.917. The molecular formula is C12H22N2O2. The SMILES string of the molecule is CC1CCN(C(=O)C2CCCOC2)C1CN. The molecule has 0 aromatic heterocycles. The van der Waals surface area contributed by atoms with E-state index < -0.39 is 0 Å². The van der Waals surface area contributed by atoms with Crippen LogP contribution in [0.3, 0.4) is 0 Å². The van der Waals surface area contributed by atoms with Gasteiger partial charge in [-0.2, -0.15) is 0 Å². The summed E-state index contributed by atoms with van der Waals surface area (Å²) in [6, 6.07) is 0.245. The first kappa shape index (κ1) is 11.9. The first-order chi connectivity index (χ1) is 7.74. The van der Waals surface area contributed by atoms with Crippen LogP contribution in [-0.2, 0) is 9.53 Å². The van der Waals surface area contributed by atoms with E-state index in [-0.39, 0.29) is 17.9 Å². The Balaban J connectivity index is 1.97. The van der Waals surface area contributed by atoms with Crippen LogP contribution in [0.25, 0.3) is 0 Å². The van der Waals surface area contributed by atoms with Crippen LogP contribution in [0.4, 0.5) is 0 Å². The largest absolute Gasteiger partial charge is 0.381 e. The third kappa shape index (κ3) is 2.23. The van der Waals surface area contributed by atoms with Crippen LogP contribution in [0.1, 0.15) is 26.2 Å². The Morgan fingerprint density at radius 2 is 2.31 bits per heavy atom. The summed E-state index contributed by atoms with van der Waals surface area (Å²) >= 11 is 0. The van der Waals surface area contributed by atoms with Crippen molar-refractivity contribution in [2.45, 2.75) is 32.2 Å². The van der Waals surface area contributed by atoms with Crippen LogP contribution in [-0.4, -0.2) is 43.2 Å². The van der Waals surface area contributed by atoms with Crippen molar-refractivity contribution in [3.05, 3.63) is 0 Å². The van der Waals surface area contributed by atoms with Gasteiger partial charge in [0.25, 0.3) is 0 Å². The molecule has 92 valence electrons. The molecule has 0 saturated carbocycles. The molecule has 0 aliphatic carbocycles. The molecule has 0 bridgehead atoms. The van der Waals surface area contributed by atoms with Gasteiger partial charge in [0, 0.05) is 25.7 Å². The Labute approximate surface area is 97.1 Å². The number of likely N-dealkylation sites (tertiary alicyclic amines) is 1. The van der Waals surface area contributed by atoms with Crippen molar-refractivity contribution in [2.75, 3.05) is 26.3 Å². The molecule has 0 aromatic rings. The number of rotatable bonds is 2. The predicted octanol–water partition coefficient (Wildman–Crippen LogP) is 0.609. The Morgan fingerprint density at radius 3 is 2.94 bits per heavy atom. The Hall–Kier alpha value is -0.610. The lowest BCUT2D eigenvalue weighted by Gasteiger charge is -2.31. The molecule has 2 fully saturated rings. The number of carbonyl (C=O) groups excluding carboxylic acids is 1. The molecule has 1 amide bonds. The quantitative estimate of drug-likeness (QED) is 0.750. The van der Waals surface area contributed by atoms with Gasteiger partial charge < -0.3 is 15.4 Å². The highest BCUT2D eigenvalue weighted by molar-refractivity contribution is 5.79. The summed E-state index contributed by atoms with van der Waals surface area (Å²) in [6.45, 7) is 5.04. The van der Waals surface area contributed by atoms with E-state index in [0.717, 1.165) is 32.4 Å². The van der Waals surface area contributed by atoms with E-state index in [0.29, 0.717) is 19.1 Å². The van der Waals surface area contributed by atoms with Gasteiger partial charge in [0.05, 0.1) is 12.5 Å². The number of hydrogen-bond acceptors (Lipinski definition) is 3. The van der Waals surface area contributed by atoms with Gasteiger partial charge in [0.1, 0.15) is 0 Å². The zero-order valence-electron chi connectivity index (χ0n) is 10.0. The van der Waals surface area contributed by atoms with Gasteiger partial charge >= 0.3 is 0 Å². The smallest absolute Gasteiger partial charge is 0.228 e. The minimum atomic E-state index is 0.0769. The summed E-state index contributed by atoms with van der Waals surface area (Å²) in [7, 11) is 0. The third-order valence-corrected chi connectivity index (χ3v) is 3.92. The van der Waals surface area contributed by atoms with Crippen molar-refractivity contribution in [2.24, 2.45) is 17.6 Å². The Bertz CT molecular complexity index is 251. The minimum absolute atomic E-state index is 0.0769. The van der Waals surface area contributed by atoms with Crippen molar-refractivity contribution in [1.82, 2.24) is 4.90 Å². The summed E-state index contributed by atoms with van der Waals surface area (Å²) in [5, 5.41) is 0. The molecule has 4 heteroatoms. The molecule has 2 N–H and O–H groups in total. The predicted molar refractivity (Wildman–Crippen MR) is 61.9 cm³/mol. The van der Waals surface area contributed by atoms with Crippen molar-refractivity contribution < 1.29 is 9.53 Å². The van der Waals surface area contributed by atoms with Gasteiger partial charge in [0.15, 0.2) is 0 Å². The molecule has 0 radical (unpaired) electrons. The van der Waals surface area contributed by atoms with Crippen molar-refractivity contribution >= 4 is 5.91 Å². The zero-order chi connectivity index (χ0) is 11.5. The normalized spacial score (nSPS) is 35.4. The number of nitrogens with zero attached hydrogens (tertiary/aromatic N) is 1. The fourth-order valence-corrected chi connectivity index (χ4v) is 2.81. The van der Waals surface area contributed by atoms with Crippen LogP contribution < -0.4 is 5.73 Å². The van der Waals surface area contributed by atoms with Gasteiger partial charge in [-0.3, -0.25) is 4.79 Å². The van der Waals surface area contributed by atoms with E-state index >= 15 is 0 Å². The van der Waals surface area contributed by atoms with E-state index in [4.69, 9.17) is 10.5 Å². The number of nitrogens with two attached hydrogens (primary N) is 1. The topological polar surface area (TPSA) is 55.6 Å². The lowest BCUT2D eigenvalue weighted by Crippen LogP contribution is -2.46. The van der Waals surface area contributed by atoms with Crippen LogP contribution in [0.5, 0.6) is 0 Å². The first-order valence-electron chi connectivity index (χ1n) is 6.32. The van der Waals surface area contributed by atoms with Gasteiger partial charge in [-0.1, -0.05) is 6.92 Å². The average Bonchev–Trinajstić information content (AvgIpc) is 2.70. The first-order valence-corrected chi connectivity index (χ1v) is 6.32. The molecule has 2 aliphatic heterocycles. The Kier molecular flexibility index (Phi) is 3.82. The average molecular weight is 226 g/mol. The zero-order valence-corrected chi connectivity index (χ0v) is 10.0. The lowest BCUT2D eigenvalue weighted by atomic mass is 9.99. The number of hydrogen-bond donors (Lipinski definition) is 1. The molecule has 2 heterocycles. The number of carbonyl (C=O) groups is 1. The highest BCUT2D eigenvalue weighted by Crippen LogP contribution is 2.26. The summed E-state index contributed by atoms with van der Waals surface area (Å²) in [4.78, 5) is 14.3. The minimum Gasteiger partial charge on any atom is -0.381 e. The molecule has 16 heavy (non-hydrogen) atoms. The van der Waals surface area contributed by atoms with Gasteiger partial charge in [-0.05, 0) is 25.2 Å². The second-order valence-corrected chi connectivity index (χ2v) is 5.01. The van der Waals surface area contributed by atoms with E-state index in [2.05, 4.69) is 6.92 Å².